The first-order valence-corrected chi connectivity index (χ1v) is 3.66. The summed E-state index contributed by atoms with van der Waals surface area (Å²) in [5.74, 6) is -1.81. The number of hydrogen-bond donors (Lipinski definition) is 1. The van der Waals surface area contributed by atoms with Crippen LogP contribution in [-0.4, -0.2) is 29.3 Å². The first-order valence-electron chi connectivity index (χ1n) is 2.32. The number of carboxylic acid groups (broad SMARTS) is 1. The van der Waals surface area contributed by atoms with Crippen molar-refractivity contribution >= 4 is 24.5 Å². The van der Waals surface area contributed by atoms with Gasteiger partial charge in [-0.15, -0.1) is 5.75 Å². The van der Waals surface area contributed by atoms with Crippen LogP contribution in [0, 0.1) is 0 Å². The van der Waals surface area contributed by atoms with Gasteiger partial charge in [0.2, 0.25) is 0 Å². The summed E-state index contributed by atoms with van der Waals surface area (Å²) in [7, 11) is 0. The third kappa shape index (κ3) is 16.5. The van der Waals surface area contributed by atoms with Gasteiger partial charge in [0.25, 0.3) is 0 Å². The molecule has 5 nitrogen and oxygen atoms in total. The Hall–Kier alpha value is 0.0294. The van der Waals surface area contributed by atoms with E-state index in [0.717, 1.165) is 18.9 Å². The summed E-state index contributed by atoms with van der Waals surface area (Å²) < 4.78 is 8.22. The van der Waals surface area contributed by atoms with Crippen LogP contribution in [0.4, 0.5) is 0 Å². The Bertz CT molecular complexity index is 156. The molecular formula is C4H5ClNO4STc-. The van der Waals surface area contributed by atoms with Crippen molar-refractivity contribution in [2.75, 3.05) is 12.3 Å². The predicted octanol–water partition coefficient (Wildman–Crippen LogP) is -4.74. The normalized spacial score (nSPS) is 8.83. The minimum atomic E-state index is -1.12. The molecule has 71 valence electrons. The Morgan fingerprint density at radius 2 is 2.00 bits per heavy atom. The zero-order valence-electron chi connectivity index (χ0n) is 5.70. The first kappa shape index (κ1) is 17.9. The van der Waals surface area contributed by atoms with Gasteiger partial charge in [-0.2, -0.15) is 0 Å². The van der Waals surface area contributed by atoms with Gasteiger partial charge in [-0.3, -0.25) is 9.79 Å². The van der Waals surface area contributed by atoms with E-state index in [9.17, 15) is 9.90 Å². The Balaban J connectivity index is -0.000000249. The van der Waals surface area contributed by atoms with Crippen LogP contribution in [0.2, 0.25) is 0 Å². The van der Waals surface area contributed by atoms with Gasteiger partial charge in [0, 0.05) is 0 Å². The van der Waals surface area contributed by atoms with E-state index in [1.54, 1.807) is 0 Å². The number of aliphatic carboxylic acids is 1. The van der Waals surface area contributed by atoms with Gasteiger partial charge in [0.1, 0.15) is 6.54 Å². The molecule has 1 N–H and O–H groups in total. The summed E-state index contributed by atoms with van der Waals surface area (Å²) in [6.45, 7) is -0.477. The number of halogens is 1. The van der Waals surface area contributed by atoms with E-state index in [2.05, 4.69) is 17.6 Å². The van der Waals surface area contributed by atoms with Crippen molar-refractivity contribution in [2.45, 2.75) is 0 Å². The van der Waals surface area contributed by atoms with Crippen LogP contribution in [0.3, 0.4) is 0 Å². The molecule has 0 aliphatic carbocycles. The molecule has 0 fully saturated rings. The monoisotopic (exact) mass is 295 g/mol. The van der Waals surface area contributed by atoms with Crippen molar-refractivity contribution in [3.63, 3.8) is 0 Å². The van der Waals surface area contributed by atoms with Gasteiger partial charge in [-0.25, -0.2) is 0 Å². The number of hydrogen-bond acceptors (Lipinski definition) is 5. The molecule has 0 amide bonds. The molecule has 0 aliphatic heterocycles. The van der Waals surface area contributed by atoms with Crippen molar-refractivity contribution in [2.24, 2.45) is 4.99 Å². The molecule has 0 aromatic heterocycles. The molecule has 0 aromatic carbocycles. The fourth-order valence-corrected chi connectivity index (χ4v) is 0.293. The zero-order chi connectivity index (χ0) is 9.28. The standard InChI is InChI=1S/C4H7NO3S.ClH.O.Tc/c6-3(2-9)5-1-4(7)8;;;/h9H,1-2H2,(H,5,6)(H,7,8);1H;;/q;;;+2/p-3. The van der Waals surface area contributed by atoms with Crippen LogP contribution in [0.1, 0.15) is 0 Å². The number of carbonyl (C=O) groups is 1. The van der Waals surface area contributed by atoms with Gasteiger partial charge in [0.15, 0.2) is 0 Å². The third-order valence-electron chi connectivity index (χ3n) is 0.514. The van der Waals surface area contributed by atoms with E-state index in [1.165, 1.54) is 0 Å². The van der Waals surface area contributed by atoms with Gasteiger partial charge in [0.05, 0.1) is 0 Å². The fraction of sp³-hybridized carbons (Fsp3) is 0.500. The van der Waals surface area contributed by atoms with Crippen LogP contribution in [0.5, 0.6) is 0 Å². The molecule has 0 radical (unpaired) electrons. The molecule has 0 saturated heterocycles. The van der Waals surface area contributed by atoms with Gasteiger partial charge in [-0.05, 0) is 0 Å². The number of rotatable bonds is 3. The van der Waals surface area contributed by atoms with Crippen LogP contribution in [0.25, 0.3) is 0 Å². The second kappa shape index (κ2) is 13.6. The van der Waals surface area contributed by atoms with Crippen LogP contribution >= 0.6 is 0 Å². The summed E-state index contributed by atoms with van der Waals surface area (Å²) in [5, 5.41) is 18.2. The predicted molar refractivity (Wildman–Crippen MR) is 32.9 cm³/mol. The average molecular weight is 297 g/mol. The maximum atomic E-state index is 10.2. The molecule has 0 saturated carbocycles. The number of aliphatic imine (C=N–C) groups is 1. The molecule has 0 atom stereocenters. The van der Waals surface area contributed by atoms with Crippen molar-refractivity contribution in [3.05, 3.63) is 0 Å². The van der Waals surface area contributed by atoms with Gasteiger partial charge in [-0.1, -0.05) is 5.90 Å². The summed E-state index contributed by atoms with van der Waals surface area (Å²) in [4.78, 5) is 12.8. The zero-order valence-corrected chi connectivity index (χ0v) is 9.13. The molecule has 0 aromatic rings. The second-order valence-corrected chi connectivity index (χ2v) is 1.54. The molecule has 0 rings (SSSR count). The minimum absolute atomic E-state index is 0. The molecule has 0 spiro atoms. The first-order chi connectivity index (χ1) is 5.16. The quantitative estimate of drug-likeness (QED) is 0.321. The second-order valence-electron chi connectivity index (χ2n) is 1.25. The Morgan fingerprint density at radius 3 is 2.25 bits per heavy atom. The van der Waals surface area contributed by atoms with Crippen molar-refractivity contribution < 1.29 is 49.8 Å². The summed E-state index contributed by atoms with van der Waals surface area (Å²) >= 11 is 5.19. The Kier molecular flexibility index (Phi) is 20.4. The fourth-order valence-electron chi connectivity index (χ4n) is 0.201. The van der Waals surface area contributed by atoms with E-state index in [4.69, 9.17) is 8.61 Å². The Morgan fingerprint density at radius 1 is 1.58 bits per heavy atom. The van der Waals surface area contributed by atoms with E-state index < -0.39 is 18.4 Å². The maximum absolute atomic E-state index is 10.2. The van der Waals surface area contributed by atoms with E-state index in [1.807, 2.05) is 0 Å². The molecule has 0 aliphatic rings. The van der Waals surface area contributed by atoms with E-state index in [0.29, 0.717) is 0 Å². The number of carboxylic acids is 1. The average Bonchev–Trinajstić information content (AvgIpc) is 2.04. The molecule has 8 heteroatoms. The molecule has 0 bridgehead atoms. The number of nitrogens with zero attached hydrogens (tertiary/aromatic N) is 1. The SMILES string of the molecule is O=C(O)CN=C([O-])C[S-].[Cl-].[O]=[Tc+2]. The third-order valence-corrected chi connectivity index (χ3v) is 0.761. The summed E-state index contributed by atoms with van der Waals surface area (Å²) in [6.07, 6.45) is 0. The Labute approximate surface area is 91.5 Å². The van der Waals surface area contributed by atoms with Crippen LogP contribution < -0.4 is 17.5 Å². The molecule has 12 heavy (non-hydrogen) atoms. The van der Waals surface area contributed by atoms with Crippen molar-refractivity contribution in [3.8, 4) is 0 Å². The molecule has 0 unspecified atom stereocenters. The topological polar surface area (TPSA) is 89.8 Å². The summed E-state index contributed by atoms with van der Waals surface area (Å²) in [6, 6.07) is 0. The molecule has 0 heterocycles. The van der Waals surface area contributed by atoms with Crippen molar-refractivity contribution in [1.82, 2.24) is 0 Å². The van der Waals surface area contributed by atoms with Crippen molar-refractivity contribution in [1.29, 1.82) is 0 Å². The van der Waals surface area contributed by atoms with Crippen LogP contribution in [0.15, 0.2) is 4.99 Å². The van der Waals surface area contributed by atoms with Crippen LogP contribution in [-0.2, 0) is 39.8 Å². The van der Waals surface area contributed by atoms with Gasteiger partial charge < -0.3 is 35.2 Å². The van der Waals surface area contributed by atoms with E-state index in [-0.39, 0.29) is 18.2 Å². The van der Waals surface area contributed by atoms with Gasteiger partial charge >= 0.3 is 28.3 Å². The van der Waals surface area contributed by atoms with E-state index >= 15 is 0 Å². The summed E-state index contributed by atoms with van der Waals surface area (Å²) in [5.41, 5.74) is 0. The molecular weight excluding hydrogens is 292 g/mol.